The Labute approximate surface area is 118 Å². The molecule has 2 rings (SSSR count). The van der Waals surface area contributed by atoms with Crippen molar-refractivity contribution in [2.45, 2.75) is 6.54 Å². The van der Waals surface area contributed by atoms with Crippen molar-refractivity contribution in [3.05, 3.63) is 44.8 Å². The minimum absolute atomic E-state index is 0.122. The first-order valence-electron chi connectivity index (χ1n) is 5.26. The number of nitrogens with two attached hydrogens (primary N) is 1. The Morgan fingerprint density at radius 1 is 1.61 bits per heavy atom. The maximum absolute atomic E-state index is 12.2. The molecule has 6 heteroatoms. The molecule has 0 aromatic carbocycles. The largest absolute Gasteiger partial charge is 0.398 e. The van der Waals surface area contributed by atoms with E-state index in [1.54, 1.807) is 35.5 Å². The molecular formula is C12H12BrN3OS. The summed E-state index contributed by atoms with van der Waals surface area (Å²) < 4.78 is 1.05. The molecule has 0 atom stereocenters. The van der Waals surface area contributed by atoms with Crippen LogP contribution in [0, 0.1) is 0 Å². The van der Waals surface area contributed by atoms with E-state index in [0.717, 1.165) is 9.35 Å². The smallest absolute Gasteiger partial charge is 0.257 e. The number of nitrogen functional groups attached to an aromatic ring is 1. The molecule has 94 valence electrons. The lowest BCUT2D eigenvalue weighted by atomic mass is 10.2. The van der Waals surface area contributed by atoms with Crippen molar-refractivity contribution in [1.82, 2.24) is 9.88 Å². The molecule has 2 aromatic heterocycles. The highest BCUT2D eigenvalue weighted by Crippen LogP contribution is 2.22. The molecule has 0 saturated heterocycles. The van der Waals surface area contributed by atoms with Gasteiger partial charge in [0.15, 0.2) is 0 Å². The van der Waals surface area contributed by atoms with E-state index in [1.807, 2.05) is 11.4 Å². The van der Waals surface area contributed by atoms with Crippen molar-refractivity contribution >= 4 is 38.9 Å². The van der Waals surface area contributed by atoms with E-state index in [4.69, 9.17) is 5.73 Å². The van der Waals surface area contributed by atoms with Crippen LogP contribution >= 0.6 is 27.3 Å². The number of amides is 1. The van der Waals surface area contributed by atoms with E-state index >= 15 is 0 Å². The van der Waals surface area contributed by atoms with Gasteiger partial charge in [0.2, 0.25) is 0 Å². The number of carbonyl (C=O) groups excluding carboxylic acids is 1. The zero-order chi connectivity index (χ0) is 13.1. The third-order valence-electron chi connectivity index (χ3n) is 2.47. The SMILES string of the molecule is CN(Cc1csc(Br)c1)C(=O)c1cnccc1N. The minimum Gasteiger partial charge on any atom is -0.398 e. The normalized spacial score (nSPS) is 10.3. The van der Waals surface area contributed by atoms with Gasteiger partial charge in [0.05, 0.1) is 9.35 Å². The van der Waals surface area contributed by atoms with Crippen LogP contribution in [0.1, 0.15) is 15.9 Å². The van der Waals surface area contributed by atoms with E-state index < -0.39 is 0 Å². The van der Waals surface area contributed by atoms with Crippen LogP contribution in [0.15, 0.2) is 33.7 Å². The third-order valence-corrected chi connectivity index (χ3v) is 4.03. The number of carbonyl (C=O) groups is 1. The molecule has 0 bridgehead atoms. The monoisotopic (exact) mass is 325 g/mol. The highest BCUT2D eigenvalue weighted by Gasteiger charge is 2.15. The summed E-state index contributed by atoms with van der Waals surface area (Å²) in [4.78, 5) is 17.7. The average Bonchev–Trinajstić information content (AvgIpc) is 2.74. The molecule has 0 radical (unpaired) electrons. The number of pyridine rings is 1. The van der Waals surface area contributed by atoms with Crippen LogP contribution < -0.4 is 5.73 Å². The number of anilines is 1. The molecule has 2 aromatic rings. The second-order valence-corrected chi connectivity index (χ2v) is 6.17. The van der Waals surface area contributed by atoms with Gasteiger partial charge in [-0.2, -0.15) is 0 Å². The summed E-state index contributed by atoms with van der Waals surface area (Å²) in [7, 11) is 1.75. The lowest BCUT2D eigenvalue weighted by molar-refractivity contribution is 0.0786. The Hall–Kier alpha value is -1.40. The predicted molar refractivity (Wildman–Crippen MR) is 76.5 cm³/mol. The summed E-state index contributed by atoms with van der Waals surface area (Å²) in [6.07, 6.45) is 3.07. The zero-order valence-corrected chi connectivity index (χ0v) is 12.2. The summed E-state index contributed by atoms with van der Waals surface area (Å²) in [5, 5.41) is 2.01. The topological polar surface area (TPSA) is 59.2 Å². The predicted octanol–water partition coefficient (Wildman–Crippen LogP) is 2.76. The Balaban J connectivity index is 2.12. The first-order chi connectivity index (χ1) is 8.58. The van der Waals surface area contributed by atoms with Gasteiger partial charge in [-0.3, -0.25) is 9.78 Å². The van der Waals surface area contributed by atoms with E-state index in [0.29, 0.717) is 17.8 Å². The highest BCUT2D eigenvalue weighted by atomic mass is 79.9. The molecule has 0 saturated carbocycles. The fourth-order valence-electron chi connectivity index (χ4n) is 1.56. The maximum Gasteiger partial charge on any atom is 0.257 e. The Morgan fingerprint density at radius 2 is 2.39 bits per heavy atom. The van der Waals surface area contributed by atoms with Crippen LogP contribution in [0.4, 0.5) is 5.69 Å². The molecule has 0 aliphatic heterocycles. The fourth-order valence-corrected chi connectivity index (χ4v) is 2.76. The molecular weight excluding hydrogens is 314 g/mol. The molecule has 1 amide bonds. The van der Waals surface area contributed by atoms with Crippen molar-refractivity contribution in [2.24, 2.45) is 0 Å². The first kappa shape index (κ1) is 13.0. The Kier molecular flexibility index (Phi) is 3.98. The van der Waals surface area contributed by atoms with Crippen molar-refractivity contribution in [3.63, 3.8) is 0 Å². The maximum atomic E-state index is 12.2. The van der Waals surface area contributed by atoms with Gasteiger partial charge in [0.1, 0.15) is 0 Å². The molecule has 0 aliphatic carbocycles. The average molecular weight is 326 g/mol. The number of aromatic nitrogens is 1. The van der Waals surface area contributed by atoms with Crippen molar-refractivity contribution < 1.29 is 4.79 Å². The number of halogens is 1. The summed E-state index contributed by atoms with van der Waals surface area (Å²) >= 11 is 5.00. The van der Waals surface area contributed by atoms with E-state index in [2.05, 4.69) is 20.9 Å². The summed E-state index contributed by atoms with van der Waals surface area (Å²) in [5.74, 6) is -0.122. The Morgan fingerprint density at radius 3 is 3.00 bits per heavy atom. The second-order valence-electron chi connectivity index (χ2n) is 3.88. The van der Waals surface area contributed by atoms with Gasteiger partial charge in [0.25, 0.3) is 5.91 Å². The highest BCUT2D eigenvalue weighted by molar-refractivity contribution is 9.11. The van der Waals surface area contributed by atoms with Crippen LogP contribution in [0.25, 0.3) is 0 Å². The number of rotatable bonds is 3. The van der Waals surface area contributed by atoms with Crippen LogP contribution in [-0.4, -0.2) is 22.8 Å². The molecule has 4 nitrogen and oxygen atoms in total. The fraction of sp³-hybridized carbons (Fsp3) is 0.167. The van der Waals surface area contributed by atoms with Crippen molar-refractivity contribution in [3.8, 4) is 0 Å². The molecule has 0 unspecified atom stereocenters. The number of hydrogen-bond donors (Lipinski definition) is 1. The third kappa shape index (κ3) is 2.88. The zero-order valence-electron chi connectivity index (χ0n) is 9.76. The van der Waals surface area contributed by atoms with E-state index in [1.165, 1.54) is 6.20 Å². The first-order valence-corrected chi connectivity index (χ1v) is 6.93. The van der Waals surface area contributed by atoms with Gasteiger partial charge in [-0.25, -0.2) is 0 Å². The molecule has 0 aliphatic rings. The van der Waals surface area contributed by atoms with E-state index in [-0.39, 0.29) is 5.91 Å². The quantitative estimate of drug-likeness (QED) is 0.943. The second kappa shape index (κ2) is 5.49. The summed E-state index contributed by atoms with van der Waals surface area (Å²) in [5.41, 5.74) is 7.74. The minimum atomic E-state index is -0.122. The molecule has 0 spiro atoms. The van der Waals surface area contributed by atoms with Crippen LogP contribution in [-0.2, 0) is 6.54 Å². The Bertz CT molecular complexity index is 570. The lowest BCUT2D eigenvalue weighted by Crippen LogP contribution is -2.26. The van der Waals surface area contributed by atoms with Crippen LogP contribution in [0.3, 0.4) is 0 Å². The molecule has 2 heterocycles. The van der Waals surface area contributed by atoms with Gasteiger partial charge in [-0.15, -0.1) is 11.3 Å². The number of hydrogen-bond acceptors (Lipinski definition) is 4. The molecule has 18 heavy (non-hydrogen) atoms. The van der Waals surface area contributed by atoms with Crippen LogP contribution in [0.5, 0.6) is 0 Å². The summed E-state index contributed by atoms with van der Waals surface area (Å²) in [6.45, 7) is 0.551. The van der Waals surface area contributed by atoms with Crippen molar-refractivity contribution in [1.29, 1.82) is 0 Å². The van der Waals surface area contributed by atoms with Gasteiger partial charge >= 0.3 is 0 Å². The number of nitrogens with zero attached hydrogens (tertiary/aromatic N) is 2. The molecule has 2 N–H and O–H groups in total. The van der Waals surface area contributed by atoms with E-state index in [9.17, 15) is 4.79 Å². The molecule has 0 fully saturated rings. The van der Waals surface area contributed by atoms with Crippen molar-refractivity contribution in [2.75, 3.05) is 12.8 Å². The van der Waals surface area contributed by atoms with Gasteiger partial charge in [0, 0.05) is 31.7 Å². The summed E-state index contributed by atoms with van der Waals surface area (Å²) in [6, 6.07) is 3.63. The standard InChI is InChI=1S/C12H12BrN3OS/c1-16(6-8-4-11(13)18-7-8)12(17)9-5-15-3-2-10(9)14/h2-5,7H,6H2,1H3,(H2,14,15). The van der Waals surface area contributed by atoms with Gasteiger partial charge in [-0.1, -0.05) is 0 Å². The lowest BCUT2D eigenvalue weighted by Gasteiger charge is -2.17. The van der Waals surface area contributed by atoms with Gasteiger partial charge in [-0.05, 0) is 39.0 Å². The van der Waals surface area contributed by atoms with Crippen LogP contribution in [0.2, 0.25) is 0 Å². The van der Waals surface area contributed by atoms with Gasteiger partial charge < -0.3 is 10.6 Å². The number of thiophene rings is 1.